The lowest BCUT2D eigenvalue weighted by atomic mass is 9.76. The minimum atomic E-state index is 0.604. The Kier molecular flexibility index (Phi) is 5.48. The molecule has 0 radical (unpaired) electrons. The maximum Gasteiger partial charge on any atom is 0.0594 e. The van der Waals surface area contributed by atoms with Crippen molar-refractivity contribution in [1.82, 2.24) is 10.2 Å². The smallest absolute Gasteiger partial charge is 0.0594 e. The monoisotopic (exact) mass is 330 g/mol. The molecule has 3 fully saturated rings. The summed E-state index contributed by atoms with van der Waals surface area (Å²) in [6, 6.07) is 12.2. The first-order valence-corrected chi connectivity index (χ1v) is 9.58. The van der Waals surface area contributed by atoms with E-state index in [1.807, 2.05) is 0 Å². The van der Waals surface area contributed by atoms with E-state index in [9.17, 15) is 0 Å². The Morgan fingerprint density at radius 1 is 1.04 bits per heavy atom. The van der Waals surface area contributed by atoms with Crippen LogP contribution in [0.15, 0.2) is 30.3 Å². The van der Waals surface area contributed by atoms with Gasteiger partial charge in [0.2, 0.25) is 0 Å². The fraction of sp³-hybridized carbons (Fsp3) is 0.700. The van der Waals surface area contributed by atoms with Crippen LogP contribution in [0.5, 0.6) is 0 Å². The number of ether oxygens (including phenoxy) is 2. The van der Waals surface area contributed by atoms with Crippen LogP contribution in [0.4, 0.5) is 0 Å². The molecule has 4 rings (SSSR count). The van der Waals surface area contributed by atoms with Crippen LogP contribution in [0.25, 0.3) is 0 Å². The third kappa shape index (κ3) is 3.83. The van der Waals surface area contributed by atoms with Gasteiger partial charge in [-0.3, -0.25) is 4.90 Å². The largest absolute Gasteiger partial charge is 0.381 e. The van der Waals surface area contributed by atoms with Crippen molar-refractivity contribution in [3.8, 4) is 0 Å². The second kappa shape index (κ2) is 7.96. The van der Waals surface area contributed by atoms with E-state index in [1.54, 1.807) is 0 Å². The lowest BCUT2D eigenvalue weighted by Crippen LogP contribution is -2.54. The third-order valence-electron chi connectivity index (χ3n) is 6.05. The number of hydrogen-bond acceptors (Lipinski definition) is 4. The van der Waals surface area contributed by atoms with E-state index in [1.165, 1.54) is 24.8 Å². The molecule has 2 aliphatic heterocycles. The highest BCUT2D eigenvalue weighted by Crippen LogP contribution is 2.36. The molecular formula is C20H30N2O2. The number of nitrogens with one attached hydrogen (secondary N) is 1. The molecule has 24 heavy (non-hydrogen) atoms. The zero-order valence-electron chi connectivity index (χ0n) is 14.5. The van der Waals surface area contributed by atoms with E-state index >= 15 is 0 Å². The summed E-state index contributed by atoms with van der Waals surface area (Å²) < 4.78 is 11.2. The molecule has 1 N–H and O–H groups in total. The normalized spacial score (nSPS) is 32.4. The van der Waals surface area contributed by atoms with Gasteiger partial charge in [0.15, 0.2) is 0 Å². The predicted molar refractivity (Wildman–Crippen MR) is 95.3 cm³/mol. The van der Waals surface area contributed by atoms with Crippen LogP contribution in [-0.4, -0.2) is 63.0 Å². The third-order valence-corrected chi connectivity index (χ3v) is 6.05. The summed E-state index contributed by atoms with van der Waals surface area (Å²) in [5, 5.41) is 3.86. The molecule has 3 aliphatic rings. The molecule has 0 aromatic heterocycles. The highest BCUT2D eigenvalue weighted by atomic mass is 16.5. The Hall–Kier alpha value is -0.940. The summed E-state index contributed by atoms with van der Waals surface area (Å²) >= 11 is 0. The van der Waals surface area contributed by atoms with Crippen LogP contribution in [-0.2, 0) is 9.47 Å². The van der Waals surface area contributed by atoms with Crippen LogP contribution >= 0.6 is 0 Å². The first kappa shape index (κ1) is 16.5. The van der Waals surface area contributed by atoms with Crippen molar-refractivity contribution in [2.24, 2.45) is 5.92 Å². The van der Waals surface area contributed by atoms with Crippen LogP contribution in [0, 0.1) is 5.92 Å². The number of morpholine rings is 1. The minimum absolute atomic E-state index is 0.604. The standard InChI is InChI=1S/C20H30N2O2/c1-2-4-16(5-3-1)18-12-19(13-18)21-14-20(17-6-9-24-15-17)22-7-10-23-11-8-22/h1-5,17-21H,6-15H2/t17-,18?,19?,20-/m1/s1. The molecule has 4 nitrogen and oxygen atoms in total. The van der Waals surface area contributed by atoms with Gasteiger partial charge < -0.3 is 14.8 Å². The molecule has 0 spiro atoms. The fourth-order valence-corrected chi connectivity index (χ4v) is 4.43. The molecule has 4 heteroatoms. The Morgan fingerprint density at radius 3 is 2.54 bits per heavy atom. The molecule has 2 atom stereocenters. The fourth-order valence-electron chi connectivity index (χ4n) is 4.43. The average Bonchev–Trinajstić information content (AvgIpc) is 3.13. The van der Waals surface area contributed by atoms with Gasteiger partial charge in [-0.15, -0.1) is 0 Å². The molecule has 1 saturated carbocycles. The van der Waals surface area contributed by atoms with Crippen molar-refractivity contribution in [2.75, 3.05) is 46.1 Å². The van der Waals surface area contributed by atoms with Crippen molar-refractivity contribution in [2.45, 2.75) is 37.3 Å². The van der Waals surface area contributed by atoms with E-state index in [0.717, 1.165) is 52.0 Å². The number of nitrogens with zero attached hydrogens (tertiary/aromatic N) is 1. The van der Waals surface area contributed by atoms with Gasteiger partial charge in [0.1, 0.15) is 0 Å². The van der Waals surface area contributed by atoms with Crippen molar-refractivity contribution < 1.29 is 9.47 Å². The van der Waals surface area contributed by atoms with Gasteiger partial charge in [0.05, 0.1) is 19.8 Å². The zero-order valence-corrected chi connectivity index (χ0v) is 14.5. The Morgan fingerprint density at radius 2 is 1.83 bits per heavy atom. The van der Waals surface area contributed by atoms with Gasteiger partial charge in [-0.1, -0.05) is 30.3 Å². The molecule has 2 saturated heterocycles. The van der Waals surface area contributed by atoms with Crippen molar-refractivity contribution >= 4 is 0 Å². The van der Waals surface area contributed by atoms with E-state index < -0.39 is 0 Å². The summed E-state index contributed by atoms with van der Waals surface area (Å²) in [5.41, 5.74) is 1.50. The molecule has 1 aromatic rings. The van der Waals surface area contributed by atoms with Gasteiger partial charge >= 0.3 is 0 Å². The highest BCUT2D eigenvalue weighted by molar-refractivity contribution is 5.22. The molecule has 2 heterocycles. The van der Waals surface area contributed by atoms with E-state index in [0.29, 0.717) is 18.0 Å². The SMILES string of the molecule is c1ccc(C2CC(NC[C@H]([C@@H]3CCOC3)N3CCOCC3)C2)cc1. The second-order valence-corrected chi connectivity index (χ2v) is 7.52. The first-order valence-electron chi connectivity index (χ1n) is 9.58. The summed E-state index contributed by atoms with van der Waals surface area (Å²) in [4.78, 5) is 2.63. The topological polar surface area (TPSA) is 33.7 Å². The maximum atomic E-state index is 5.67. The van der Waals surface area contributed by atoms with Crippen molar-refractivity contribution in [3.63, 3.8) is 0 Å². The lowest BCUT2D eigenvalue weighted by Gasteiger charge is -2.41. The Bertz CT molecular complexity index is 492. The highest BCUT2D eigenvalue weighted by Gasteiger charge is 2.34. The summed E-state index contributed by atoms with van der Waals surface area (Å²) in [6.07, 6.45) is 3.77. The van der Waals surface area contributed by atoms with Gasteiger partial charge in [-0.05, 0) is 30.7 Å². The Labute approximate surface area is 145 Å². The molecule has 0 unspecified atom stereocenters. The summed E-state index contributed by atoms with van der Waals surface area (Å²) in [7, 11) is 0. The minimum Gasteiger partial charge on any atom is -0.381 e. The van der Waals surface area contributed by atoms with E-state index in [2.05, 4.69) is 40.5 Å². The Balaban J connectivity index is 1.28. The maximum absolute atomic E-state index is 5.67. The predicted octanol–water partition coefficient (Wildman–Crippen LogP) is 2.26. The van der Waals surface area contributed by atoms with Crippen LogP contribution in [0.3, 0.4) is 0 Å². The van der Waals surface area contributed by atoms with Gasteiger partial charge in [-0.25, -0.2) is 0 Å². The molecule has 1 aliphatic carbocycles. The first-order chi connectivity index (χ1) is 11.9. The zero-order chi connectivity index (χ0) is 16.2. The molecular weight excluding hydrogens is 300 g/mol. The number of rotatable bonds is 6. The van der Waals surface area contributed by atoms with E-state index in [4.69, 9.17) is 9.47 Å². The van der Waals surface area contributed by atoms with Gasteiger partial charge in [0.25, 0.3) is 0 Å². The van der Waals surface area contributed by atoms with Crippen molar-refractivity contribution in [3.05, 3.63) is 35.9 Å². The van der Waals surface area contributed by atoms with Crippen LogP contribution in [0.2, 0.25) is 0 Å². The lowest BCUT2D eigenvalue weighted by molar-refractivity contribution is -0.0000249. The van der Waals surface area contributed by atoms with Crippen LogP contribution < -0.4 is 5.32 Å². The molecule has 132 valence electrons. The second-order valence-electron chi connectivity index (χ2n) is 7.52. The molecule has 0 bridgehead atoms. The number of hydrogen-bond donors (Lipinski definition) is 1. The van der Waals surface area contributed by atoms with Crippen molar-refractivity contribution in [1.29, 1.82) is 0 Å². The van der Waals surface area contributed by atoms with Crippen LogP contribution in [0.1, 0.15) is 30.7 Å². The average molecular weight is 330 g/mol. The number of benzene rings is 1. The van der Waals surface area contributed by atoms with Gasteiger partial charge in [-0.2, -0.15) is 0 Å². The molecule has 0 amide bonds. The molecule has 1 aromatic carbocycles. The van der Waals surface area contributed by atoms with E-state index in [-0.39, 0.29) is 0 Å². The van der Waals surface area contributed by atoms with Gasteiger partial charge in [0, 0.05) is 44.2 Å². The quantitative estimate of drug-likeness (QED) is 0.867. The summed E-state index contributed by atoms with van der Waals surface area (Å²) in [5.74, 6) is 1.43. The summed E-state index contributed by atoms with van der Waals surface area (Å²) in [6.45, 7) is 6.86.